The fourth-order valence-electron chi connectivity index (χ4n) is 3.43. The monoisotopic (exact) mass is 309 g/mol. The summed E-state index contributed by atoms with van der Waals surface area (Å²) in [5.74, 6) is -0.905. The molecular weight excluding hydrogens is 290 g/mol. The number of anilines is 1. The van der Waals surface area contributed by atoms with Crippen molar-refractivity contribution >= 4 is 22.6 Å². The predicted octanol–water partition coefficient (Wildman–Crippen LogP) is 2.96. The number of hydrogen-bond acceptors (Lipinski definition) is 4. The quantitative estimate of drug-likeness (QED) is 0.923. The molecule has 0 saturated carbocycles. The van der Waals surface area contributed by atoms with Gasteiger partial charge in [0.2, 0.25) is 0 Å². The molecule has 1 aliphatic heterocycles. The molecule has 0 bridgehead atoms. The molecule has 2 heterocycles. The molecule has 23 heavy (non-hydrogen) atoms. The van der Waals surface area contributed by atoms with Crippen LogP contribution in [0.5, 0.6) is 0 Å². The summed E-state index contributed by atoms with van der Waals surface area (Å²) in [6, 6.07) is 8.17. The van der Waals surface area contributed by atoms with Crippen molar-refractivity contribution in [2.45, 2.75) is 20.3 Å². The lowest BCUT2D eigenvalue weighted by molar-refractivity contribution is -0.142. The summed E-state index contributed by atoms with van der Waals surface area (Å²) in [5, 5.41) is 19.8. The van der Waals surface area contributed by atoms with Crippen LogP contribution in [-0.2, 0) is 4.79 Å². The molecule has 2 atom stereocenters. The van der Waals surface area contributed by atoms with Gasteiger partial charge in [0.05, 0.1) is 22.7 Å². The number of fused-ring (bicyclic) bond motifs is 1. The van der Waals surface area contributed by atoms with Gasteiger partial charge in [-0.15, -0.1) is 0 Å². The number of carboxylic acid groups (broad SMARTS) is 1. The zero-order valence-electron chi connectivity index (χ0n) is 13.3. The summed E-state index contributed by atoms with van der Waals surface area (Å²) >= 11 is 0. The Kier molecular flexibility index (Phi) is 3.91. The summed E-state index contributed by atoms with van der Waals surface area (Å²) in [4.78, 5) is 17.9. The van der Waals surface area contributed by atoms with Gasteiger partial charge in [-0.25, -0.2) is 0 Å². The number of carbonyl (C=O) groups is 1. The van der Waals surface area contributed by atoms with Crippen LogP contribution >= 0.6 is 0 Å². The molecule has 3 rings (SSSR count). The van der Waals surface area contributed by atoms with Crippen LogP contribution < -0.4 is 4.90 Å². The molecule has 1 aromatic heterocycles. The van der Waals surface area contributed by atoms with Gasteiger partial charge in [0.15, 0.2) is 0 Å². The molecule has 0 amide bonds. The zero-order chi connectivity index (χ0) is 16.6. The van der Waals surface area contributed by atoms with Crippen molar-refractivity contribution in [3.8, 4) is 6.07 Å². The molecule has 1 aromatic carbocycles. The third kappa shape index (κ3) is 2.85. The van der Waals surface area contributed by atoms with Crippen LogP contribution in [0.15, 0.2) is 24.4 Å². The van der Waals surface area contributed by atoms with Crippen molar-refractivity contribution in [1.82, 2.24) is 4.98 Å². The van der Waals surface area contributed by atoms with E-state index in [4.69, 9.17) is 0 Å². The number of aromatic nitrogens is 1. The van der Waals surface area contributed by atoms with Gasteiger partial charge in [-0.05, 0) is 31.4 Å². The topological polar surface area (TPSA) is 77.2 Å². The van der Waals surface area contributed by atoms with E-state index < -0.39 is 11.9 Å². The van der Waals surface area contributed by atoms with Gasteiger partial charge in [0.1, 0.15) is 6.07 Å². The maximum atomic E-state index is 11.4. The Bertz CT molecular complexity index is 810. The van der Waals surface area contributed by atoms with Crippen molar-refractivity contribution in [2.75, 3.05) is 18.0 Å². The molecule has 1 N–H and O–H groups in total. The second-order valence-electron chi connectivity index (χ2n) is 6.43. The van der Waals surface area contributed by atoms with Crippen molar-refractivity contribution in [2.24, 2.45) is 11.8 Å². The largest absolute Gasteiger partial charge is 0.481 e. The van der Waals surface area contributed by atoms with Gasteiger partial charge < -0.3 is 10.0 Å². The molecule has 118 valence electrons. The smallest absolute Gasteiger partial charge is 0.308 e. The molecule has 5 nitrogen and oxygen atoms in total. The number of aliphatic carboxylic acids is 1. The molecule has 2 aromatic rings. The minimum atomic E-state index is -0.769. The Labute approximate surface area is 135 Å². The lowest BCUT2D eigenvalue weighted by Crippen LogP contribution is -2.43. The van der Waals surface area contributed by atoms with Crippen LogP contribution in [-0.4, -0.2) is 29.1 Å². The fourth-order valence-corrected chi connectivity index (χ4v) is 3.43. The van der Waals surface area contributed by atoms with Gasteiger partial charge in [-0.1, -0.05) is 18.6 Å². The maximum Gasteiger partial charge on any atom is 0.308 e. The summed E-state index contributed by atoms with van der Waals surface area (Å²) in [7, 11) is 0. The minimum absolute atomic E-state index is 0.268. The van der Waals surface area contributed by atoms with E-state index in [1.165, 1.54) is 0 Å². The number of benzene rings is 1. The fraction of sp³-hybridized carbons (Fsp3) is 0.389. The normalized spacial score (nSPS) is 21.2. The summed E-state index contributed by atoms with van der Waals surface area (Å²) in [6.07, 6.45) is 2.26. The second-order valence-corrected chi connectivity index (χ2v) is 6.43. The Morgan fingerprint density at radius 2 is 2.22 bits per heavy atom. The van der Waals surface area contributed by atoms with E-state index in [0.717, 1.165) is 28.7 Å². The highest BCUT2D eigenvalue weighted by Gasteiger charge is 2.31. The Morgan fingerprint density at radius 1 is 1.43 bits per heavy atom. The van der Waals surface area contributed by atoms with E-state index in [2.05, 4.69) is 22.9 Å². The lowest BCUT2D eigenvalue weighted by atomic mass is 9.89. The maximum absolute atomic E-state index is 11.4. The predicted molar refractivity (Wildman–Crippen MR) is 88.3 cm³/mol. The molecule has 5 heteroatoms. The van der Waals surface area contributed by atoms with E-state index >= 15 is 0 Å². The number of hydrogen-bond donors (Lipinski definition) is 1. The first-order valence-electron chi connectivity index (χ1n) is 7.76. The van der Waals surface area contributed by atoms with Crippen molar-refractivity contribution < 1.29 is 9.90 Å². The average Bonchev–Trinajstić information content (AvgIpc) is 2.52. The van der Waals surface area contributed by atoms with Gasteiger partial charge in [-0.2, -0.15) is 5.26 Å². The highest BCUT2D eigenvalue weighted by Crippen LogP contribution is 2.34. The number of pyridine rings is 1. The number of nitrogens with zero attached hydrogens (tertiary/aromatic N) is 3. The number of nitriles is 1. The first kappa shape index (κ1) is 15.3. The lowest BCUT2D eigenvalue weighted by Gasteiger charge is -2.37. The van der Waals surface area contributed by atoms with Gasteiger partial charge in [-0.3, -0.25) is 9.78 Å². The third-order valence-corrected chi connectivity index (χ3v) is 4.44. The molecule has 0 aliphatic carbocycles. The number of piperidine rings is 1. The molecule has 2 unspecified atom stereocenters. The number of carboxylic acids is 1. The van der Waals surface area contributed by atoms with Gasteiger partial charge in [0, 0.05) is 24.7 Å². The molecule has 1 fully saturated rings. The van der Waals surface area contributed by atoms with E-state index in [-0.39, 0.29) is 5.92 Å². The zero-order valence-corrected chi connectivity index (χ0v) is 13.3. The molecule has 0 radical (unpaired) electrons. The Balaban J connectivity index is 2.15. The summed E-state index contributed by atoms with van der Waals surface area (Å²) < 4.78 is 0. The van der Waals surface area contributed by atoms with Gasteiger partial charge >= 0.3 is 5.97 Å². The highest BCUT2D eigenvalue weighted by molar-refractivity contribution is 5.95. The van der Waals surface area contributed by atoms with Crippen molar-refractivity contribution in [1.29, 1.82) is 5.26 Å². The van der Waals surface area contributed by atoms with E-state index in [9.17, 15) is 15.2 Å². The van der Waals surface area contributed by atoms with Crippen molar-refractivity contribution in [3.05, 3.63) is 35.5 Å². The van der Waals surface area contributed by atoms with Crippen LogP contribution in [0, 0.1) is 30.1 Å². The van der Waals surface area contributed by atoms with Gasteiger partial charge in [0.25, 0.3) is 0 Å². The standard InChI is InChI=1S/C18H19N3O2/c1-11-3-4-16-15(6-11)17(14(7-19)8-20-16)21-9-12(2)5-13(10-21)18(22)23/h3-4,6,8,12-13H,5,9-10H2,1-2H3,(H,22,23). The first-order chi connectivity index (χ1) is 11.0. The Morgan fingerprint density at radius 3 is 2.91 bits per heavy atom. The first-order valence-corrected chi connectivity index (χ1v) is 7.76. The van der Waals surface area contributed by atoms with Crippen molar-refractivity contribution in [3.63, 3.8) is 0 Å². The van der Waals surface area contributed by atoms with Crippen LogP contribution in [0.25, 0.3) is 10.9 Å². The van der Waals surface area contributed by atoms with Crippen LogP contribution in [0.1, 0.15) is 24.5 Å². The second kappa shape index (κ2) is 5.88. The summed E-state index contributed by atoms with van der Waals surface area (Å²) in [5.41, 5.74) is 3.24. The van der Waals surface area contributed by atoms with Crippen LogP contribution in [0.4, 0.5) is 5.69 Å². The Hall–Kier alpha value is -2.61. The number of aryl methyl sites for hydroxylation is 1. The van der Waals surface area contributed by atoms with E-state index in [1.807, 2.05) is 25.1 Å². The molecule has 1 saturated heterocycles. The molecule has 1 aliphatic rings. The minimum Gasteiger partial charge on any atom is -0.481 e. The SMILES string of the molecule is Cc1ccc2ncc(C#N)c(N3CC(C)CC(C(=O)O)C3)c2c1. The third-order valence-electron chi connectivity index (χ3n) is 4.44. The number of rotatable bonds is 2. The van der Waals surface area contributed by atoms with E-state index in [1.54, 1.807) is 6.20 Å². The van der Waals surface area contributed by atoms with Crippen LogP contribution in [0.2, 0.25) is 0 Å². The molecular formula is C18H19N3O2. The van der Waals surface area contributed by atoms with E-state index in [0.29, 0.717) is 18.5 Å². The summed E-state index contributed by atoms with van der Waals surface area (Å²) in [6.45, 7) is 5.25. The average molecular weight is 309 g/mol. The van der Waals surface area contributed by atoms with Crippen LogP contribution in [0.3, 0.4) is 0 Å². The molecule has 0 spiro atoms. The highest BCUT2D eigenvalue weighted by atomic mass is 16.4.